The molecule has 1 aromatic heterocycles. The van der Waals surface area contributed by atoms with Gasteiger partial charge < -0.3 is 10.4 Å². The molecule has 0 atom stereocenters. The average Bonchev–Trinajstić information content (AvgIpc) is 2.36. The summed E-state index contributed by atoms with van der Waals surface area (Å²) < 4.78 is 0. The number of aromatic nitrogens is 1. The Kier molecular flexibility index (Phi) is 4.63. The van der Waals surface area contributed by atoms with Crippen molar-refractivity contribution in [1.29, 1.82) is 0 Å². The van der Waals surface area contributed by atoms with Crippen molar-refractivity contribution in [2.45, 2.75) is 33.8 Å². The van der Waals surface area contributed by atoms with Gasteiger partial charge in [0.05, 0.1) is 12.3 Å². The smallest absolute Gasteiger partial charge is 0.251 e. The van der Waals surface area contributed by atoms with Crippen molar-refractivity contribution in [2.75, 3.05) is 6.54 Å². The Balaban J connectivity index is 2.64. The first-order chi connectivity index (χ1) is 7.98. The van der Waals surface area contributed by atoms with E-state index in [9.17, 15) is 4.79 Å². The zero-order valence-electron chi connectivity index (χ0n) is 10.7. The molecule has 0 saturated heterocycles. The van der Waals surface area contributed by atoms with E-state index >= 15 is 0 Å². The van der Waals surface area contributed by atoms with Crippen LogP contribution in [0.3, 0.4) is 0 Å². The minimum atomic E-state index is -0.151. The average molecular weight is 236 g/mol. The van der Waals surface area contributed by atoms with Gasteiger partial charge in [0.25, 0.3) is 5.91 Å². The van der Waals surface area contributed by atoms with E-state index in [2.05, 4.69) is 31.1 Å². The molecule has 1 heterocycles. The van der Waals surface area contributed by atoms with Gasteiger partial charge >= 0.3 is 0 Å². The fourth-order valence-electron chi connectivity index (χ4n) is 1.25. The molecule has 2 N–H and O–H groups in total. The van der Waals surface area contributed by atoms with Crippen LogP contribution in [-0.2, 0) is 6.61 Å². The summed E-state index contributed by atoms with van der Waals surface area (Å²) in [4.78, 5) is 15.8. The van der Waals surface area contributed by atoms with Gasteiger partial charge in [0.2, 0.25) is 0 Å². The number of hydrogen-bond acceptors (Lipinski definition) is 3. The van der Waals surface area contributed by atoms with Crippen molar-refractivity contribution in [3.05, 3.63) is 29.6 Å². The number of hydrogen-bond donors (Lipinski definition) is 2. The van der Waals surface area contributed by atoms with Crippen LogP contribution in [0.4, 0.5) is 0 Å². The van der Waals surface area contributed by atoms with E-state index in [0.29, 0.717) is 17.8 Å². The third-order valence-electron chi connectivity index (χ3n) is 2.93. The van der Waals surface area contributed by atoms with Crippen LogP contribution in [-0.4, -0.2) is 22.5 Å². The standard InChI is InChI=1S/C13H20N2O2/c1-4-13(2,3)9-15-12(17)10-5-6-14-11(7-10)8-16/h5-7,16H,4,8-9H2,1-3H3,(H,15,17). The number of pyridine rings is 1. The largest absolute Gasteiger partial charge is 0.390 e. The number of nitrogens with zero attached hydrogens (tertiary/aromatic N) is 1. The minimum Gasteiger partial charge on any atom is -0.390 e. The number of amides is 1. The van der Waals surface area contributed by atoms with E-state index in [1.165, 1.54) is 6.20 Å². The Bertz CT molecular complexity index is 389. The third-order valence-corrected chi connectivity index (χ3v) is 2.93. The summed E-state index contributed by atoms with van der Waals surface area (Å²) >= 11 is 0. The van der Waals surface area contributed by atoms with Crippen molar-refractivity contribution in [3.63, 3.8) is 0 Å². The Morgan fingerprint density at radius 1 is 1.53 bits per heavy atom. The van der Waals surface area contributed by atoms with Crippen molar-refractivity contribution < 1.29 is 9.90 Å². The second-order valence-corrected chi connectivity index (χ2v) is 4.89. The summed E-state index contributed by atoms with van der Waals surface area (Å²) in [6, 6.07) is 3.25. The Labute approximate surface area is 102 Å². The van der Waals surface area contributed by atoms with E-state index in [4.69, 9.17) is 5.11 Å². The summed E-state index contributed by atoms with van der Waals surface area (Å²) in [6.07, 6.45) is 2.54. The molecule has 0 radical (unpaired) electrons. The molecule has 0 unspecified atom stereocenters. The fraction of sp³-hybridized carbons (Fsp3) is 0.538. The summed E-state index contributed by atoms with van der Waals surface area (Å²) in [6.45, 7) is 6.81. The van der Waals surface area contributed by atoms with Gasteiger partial charge in [0.15, 0.2) is 0 Å². The molecule has 1 aromatic rings. The van der Waals surface area contributed by atoms with Crippen molar-refractivity contribution >= 4 is 5.91 Å². The zero-order chi connectivity index (χ0) is 12.9. The van der Waals surface area contributed by atoms with Gasteiger partial charge in [0, 0.05) is 18.3 Å². The first kappa shape index (κ1) is 13.6. The molecule has 0 saturated carbocycles. The molecule has 0 fully saturated rings. The fourth-order valence-corrected chi connectivity index (χ4v) is 1.25. The second kappa shape index (κ2) is 5.77. The highest BCUT2D eigenvalue weighted by molar-refractivity contribution is 5.94. The summed E-state index contributed by atoms with van der Waals surface area (Å²) in [5.41, 5.74) is 1.14. The normalized spacial score (nSPS) is 11.3. The van der Waals surface area contributed by atoms with E-state index in [1.54, 1.807) is 12.1 Å². The molecular formula is C13H20N2O2. The van der Waals surface area contributed by atoms with Crippen LogP contribution in [0.5, 0.6) is 0 Å². The van der Waals surface area contributed by atoms with Crippen LogP contribution in [0.25, 0.3) is 0 Å². The quantitative estimate of drug-likeness (QED) is 0.818. The van der Waals surface area contributed by atoms with Gasteiger partial charge in [-0.05, 0) is 24.0 Å². The van der Waals surface area contributed by atoms with Gasteiger partial charge in [-0.3, -0.25) is 9.78 Å². The molecule has 94 valence electrons. The molecule has 0 spiro atoms. The van der Waals surface area contributed by atoms with E-state index in [1.807, 2.05) is 0 Å². The van der Waals surface area contributed by atoms with Gasteiger partial charge in [-0.1, -0.05) is 20.8 Å². The van der Waals surface area contributed by atoms with Gasteiger partial charge in [-0.2, -0.15) is 0 Å². The first-order valence-electron chi connectivity index (χ1n) is 5.82. The molecule has 4 heteroatoms. The van der Waals surface area contributed by atoms with Crippen LogP contribution in [0, 0.1) is 5.41 Å². The number of aliphatic hydroxyl groups is 1. The van der Waals surface area contributed by atoms with Crippen LogP contribution in [0.1, 0.15) is 43.2 Å². The second-order valence-electron chi connectivity index (χ2n) is 4.89. The topological polar surface area (TPSA) is 62.2 Å². The molecule has 1 rings (SSSR count). The molecule has 0 aromatic carbocycles. The lowest BCUT2D eigenvalue weighted by Gasteiger charge is -2.22. The maximum Gasteiger partial charge on any atom is 0.251 e. The number of nitrogens with one attached hydrogen (secondary N) is 1. The Hall–Kier alpha value is -1.42. The number of carbonyl (C=O) groups excluding carboxylic acids is 1. The van der Waals surface area contributed by atoms with Crippen LogP contribution < -0.4 is 5.32 Å². The van der Waals surface area contributed by atoms with Crippen molar-refractivity contribution in [1.82, 2.24) is 10.3 Å². The summed E-state index contributed by atoms with van der Waals surface area (Å²) in [5.74, 6) is -0.122. The molecule has 4 nitrogen and oxygen atoms in total. The molecule has 0 aliphatic rings. The van der Waals surface area contributed by atoms with Crippen molar-refractivity contribution in [3.8, 4) is 0 Å². The first-order valence-corrected chi connectivity index (χ1v) is 5.82. The van der Waals surface area contributed by atoms with Gasteiger partial charge in [-0.15, -0.1) is 0 Å². The predicted octanol–water partition coefficient (Wildman–Crippen LogP) is 1.74. The summed E-state index contributed by atoms with van der Waals surface area (Å²) in [7, 11) is 0. The number of carbonyl (C=O) groups is 1. The highest BCUT2D eigenvalue weighted by Gasteiger charge is 2.16. The zero-order valence-corrected chi connectivity index (χ0v) is 10.7. The molecule has 0 aliphatic heterocycles. The van der Waals surface area contributed by atoms with Crippen molar-refractivity contribution in [2.24, 2.45) is 5.41 Å². The monoisotopic (exact) mass is 236 g/mol. The lowest BCUT2D eigenvalue weighted by atomic mass is 9.90. The lowest BCUT2D eigenvalue weighted by Crippen LogP contribution is -2.33. The van der Waals surface area contributed by atoms with E-state index in [-0.39, 0.29) is 17.9 Å². The minimum absolute atomic E-state index is 0.0997. The SMILES string of the molecule is CCC(C)(C)CNC(=O)c1ccnc(CO)c1. The van der Waals surface area contributed by atoms with Gasteiger partial charge in [-0.25, -0.2) is 0 Å². The van der Waals surface area contributed by atoms with E-state index in [0.717, 1.165) is 6.42 Å². The molecule has 17 heavy (non-hydrogen) atoms. The Morgan fingerprint density at radius 3 is 2.82 bits per heavy atom. The van der Waals surface area contributed by atoms with Crippen LogP contribution in [0.2, 0.25) is 0 Å². The van der Waals surface area contributed by atoms with Gasteiger partial charge in [0.1, 0.15) is 0 Å². The third kappa shape index (κ3) is 4.15. The maximum absolute atomic E-state index is 11.9. The molecular weight excluding hydrogens is 216 g/mol. The van der Waals surface area contributed by atoms with Crippen LogP contribution >= 0.6 is 0 Å². The van der Waals surface area contributed by atoms with E-state index < -0.39 is 0 Å². The molecule has 0 aliphatic carbocycles. The molecule has 1 amide bonds. The maximum atomic E-state index is 11.9. The van der Waals surface area contributed by atoms with Crippen LogP contribution in [0.15, 0.2) is 18.3 Å². The molecule has 0 bridgehead atoms. The predicted molar refractivity (Wildman–Crippen MR) is 66.6 cm³/mol. The lowest BCUT2D eigenvalue weighted by molar-refractivity contribution is 0.0935. The summed E-state index contributed by atoms with van der Waals surface area (Å²) in [5, 5.41) is 11.8. The highest BCUT2D eigenvalue weighted by Crippen LogP contribution is 2.17. The number of rotatable bonds is 5. The highest BCUT2D eigenvalue weighted by atomic mass is 16.3. The number of aliphatic hydroxyl groups excluding tert-OH is 1. The Morgan fingerprint density at radius 2 is 2.24 bits per heavy atom.